The first-order valence-corrected chi connectivity index (χ1v) is 8.26. The Kier molecular flexibility index (Phi) is 6.07. The SMILES string of the molecule is CC(N)CCC(=O)N1CCCCCC1c1ccc(Cl)cc1. The zero-order chi connectivity index (χ0) is 15.2. The van der Waals surface area contributed by atoms with E-state index in [9.17, 15) is 4.79 Å². The monoisotopic (exact) mass is 308 g/mol. The molecule has 2 atom stereocenters. The van der Waals surface area contributed by atoms with Crippen LogP contribution in [0.1, 0.15) is 57.1 Å². The van der Waals surface area contributed by atoms with Crippen molar-refractivity contribution >= 4 is 17.5 Å². The Morgan fingerprint density at radius 2 is 2.05 bits per heavy atom. The van der Waals surface area contributed by atoms with Crippen molar-refractivity contribution in [2.45, 2.75) is 57.5 Å². The summed E-state index contributed by atoms with van der Waals surface area (Å²) in [4.78, 5) is 14.6. The Morgan fingerprint density at radius 3 is 2.71 bits per heavy atom. The molecule has 21 heavy (non-hydrogen) atoms. The number of halogens is 1. The Labute approximate surface area is 132 Å². The van der Waals surface area contributed by atoms with Gasteiger partial charge in [0.05, 0.1) is 6.04 Å². The lowest BCUT2D eigenvalue weighted by atomic mass is 10.00. The van der Waals surface area contributed by atoms with Gasteiger partial charge in [0, 0.05) is 24.0 Å². The number of carbonyl (C=O) groups excluding carboxylic acids is 1. The summed E-state index contributed by atoms with van der Waals surface area (Å²) in [6.45, 7) is 2.80. The summed E-state index contributed by atoms with van der Waals surface area (Å²) in [7, 11) is 0. The predicted molar refractivity (Wildman–Crippen MR) is 87.3 cm³/mol. The fourth-order valence-corrected chi connectivity index (χ4v) is 3.06. The first-order chi connectivity index (χ1) is 10.1. The van der Waals surface area contributed by atoms with Gasteiger partial charge in [-0.05, 0) is 43.9 Å². The molecule has 116 valence electrons. The molecule has 0 saturated carbocycles. The van der Waals surface area contributed by atoms with Crippen molar-refractivity contribution in [1.82, 2.24) is 4.90 Å². The number of amides is 1. The van der Waals surface area contributed by atoms with Crippen molar-refractivity contribution < 1.29 is 4.79 Å². The molecule has 1 aromatic carbocycles. The molecule has 1 saturated heterocycles. The van der Waals surface area contributed by atoms with Crippen molar-refractivity contribution in [3.8, 4) is 0 Å². The highest BCUT2D eigenvalue weighted by atomic mass is 35.5. The highest BCUT2D eigenvalue weighted by molar-refractivity contribution is 6.30. The molecule has 0 aliphatic carbocycles. The summed E-state index contributed by atoms with van der Waals surface area (Å²) >= 11 is 5.97. The molecular weight excluding hydrogens is 284 g/mol. The first-order valence-electron chi connectivity index (χ1n) is 7.88. The highest BCUT2D eigenvalue weighted by Crippen LogP contribution is 2.31. The van der Waals surface area contributed by atoms with E-state index in [4.69, 9.17) is 17.3 Å². The molecule has 2 rings (SSSR count). The lowest BCUT2D eigenvalue weighted by Gasteiger charge is -2.31. The second-order valence-corrected chi connectivity index (χ2v) is 6.46. The molecule has 1 heterocycles. The van der Waals surface area contributed by atoms with Crippen LogP contribution in [0.2, 0.25) is 5.02 Å². The van der Waals surface area contributed by atoms with Crippen LogP contribution in [0.5, 0.6) is 0 Å². The van der Waals surface area contributed by atoms with E-state index < -0.39 is 0 Å². The molecule has 2 unspecified atom stereocenters. The molecule has 4 heteroatoms. The number of rotatable bonds is 4. The van der Waals surface area contributed by atoms with Gasteiger partial charge in [0.25, 0.3) is 0 Å². The van der Waals surface area contributed by atoms with E-state index in [0.717, 1.165) is 30.8 Å². The van der Waals surface area contributed by atoms with Gasteiger partial charge in [-0.2, -0.15) is 0 Å². The van der Waals surface area contributed by atoms with Gasteiger partial charge < -0.3 is 10.6 Å². The maximum atomic E-state index is 12.6. The fourth-order valence-electron chi connectivity index (χ4n) is 2.93. The largest absolute Gasteiger partial charge is 0.336 e. The van der Waals surface area contributed by atoms with E-state index in [0.29, 0.717) is 6.42 Å². The number of hydrogen-bond donors (Lipinski definition) is 1. The molecule has 1 amide bonds. The van der Waals surface area contributed by atoms with Crippen LogP contribution in [-0.2, 0) is 4.79 Å². The molecule has 0 spiro atoms. The second-order valence-electron chi connectivity index (χ2n) is 6.02. The van der Waals surface area contributed by atoms with Crippen LogP contribution in [0.4, 0.5) is 0 Å². The minimum absolute atomic E-state index is 0.0786. The number of nitrogens with zero attached hydrogens (tertiary/aromatic N) is 1. The molecule has 3 nitrogen and oxygen atoms in total. The minimum Gasteiger partial charge on any atom is -0.336 e. The van der Waals surface area contributed by atoms with Gasteiger partial charge in [-0.1, -0.05) is 36.6 Å². The van der Waals surface area contributed by atoms with Crippen LogP contribution in [0.25, 0.3) is 0 Å². The lowest BCUT2D eigenvalue weighted by molar-refractivity contribution is -0.133. The van der Waals surface area contributed by atoms with E-state index in [2.05, 4.69) is 4.90 Å². The van der Waals surface area contributed by atoms with E-state index in [1.165, 1.54) is 18.4 Å². The van der Waals surface area contributed by atoms with Gasteiger partial charge in [0.1, 0.15) is 0 Å². The van der Waals surface area contributed by atoms with Gasteiger partial charge in [0.2, 0.25) is 5.91 Å². The Bertz CT molecular complexity index is 458. The summed E-state index contributed by atoms with van der Waals surface area (Å²) in [5.74, 6) is 0.231. The van der Waals surface area contributed by atoms with Crippen molar-refractivity contribution in [1.29, 1.82) is 0 Å². The molecule has 1 aliphatic heterocycles. The smallest absolute Gasteiger partial charge is 0.223 e. The van der Waals surface area contributed by atoms with Crippen LogP contribution in [0.15, 0.2) is 24.3 Å². The number of carbonyl (C=O) groups is 1. The van der Waals surface area contributed by atoms with Gasteiger partial charge in [-0.25, -0.2) is 0 Å². The van der Waals surface area contributed by atoms with Gasteiger partial charge in [0.15, 0.2) is 0 Å². The molecule has 1 aromatic rings. The molecule has 2 N–H and O–H groups in total. The number of hydrogen-bond acceptors (Lipinski definition) is 2. The van der Waals surface area contributed by atoms with E-state index in [1.54, 1.807) is 0 Å². The average Bonchev–Trinajstić information content (AvgIpc) is 2.71. The van der Waals surface area contributed by atoms with E-state index in [1.807, 2.05) is 31.2 Å². The molecular formula is C17H25ClN2O. The predicted octanol–water partition coefficient (Wildman–Crippen LogP) is 3.91. The summed E-state index contributed by atoms with van der Waals surface area (Å²) in [5.41, 5.74) is 6.97. The molecule has 0 bridgehead atoms. The summed E-state index contributed by atoms with van der Waals surface area (Å²) in [6.07, 6.45) is 5.79. The maximum Gasteiger partial charge on any atom is 0.223 e. The van der Waals surface area contributed by atoms with E-state index >= 15 is 0 Å². The van der Waals surface area contributed by atoms with Crippen molar-refractivity contribution in [2.75, 3.05) is 6.54 Å². The molecule has 1 aliphatic rings. The standard InChI is InChI=1S/C17H25ClN2O/c1-13(19)6-11-17(21)20-12-4-2-3-5-16(20)14-7-9-15(18)10-8-14/h7-10,13,16H,2-6,11-12,19H2,1H3. The molecule has 0 radical (unpaired) electrons. The van der Waals surface area contributed by atoms with Crippen molar-refractivity contribution in [3.63, 3.8) is 0 Å². The van der Waals surface area contributed by atoms with E-state index in [-0.39, 0.29) is 18.0 Å². The quantitative estimate of drug-likeness (QED) is 0.916. The van der Waals surface area contributed by atoms with Crippen molar-refractivity contribution in [3.05, 3.63) is 34.9 Å². The summed E-state index contributed by atoms with van der Waals surface area (Å²) in [6, 6.07) is 8.17. The zero-order valence-corrected chi connectivity index (χ0v) is 13.5. The topological polar surface area (TPSA) is 46.3 Å². The Hall–Kier alpha value is -1.06. The Balaban J connectivity index is 2.13. The molecule has 1 fully saturated rings. The number of benzene rings is 1. The van der Waals surface area contributed by atoms with Gasteiger partial charge in [-0.3, -0.25) is 4.79 Å². The Morgan fingerprint density at radius 1 is 1.33 bits per heavy atom. The fraction of sp³-hybridized carbons (Fsp3) is 0.588. The first kappa shape index (κ1) is 16.3. The number of likely N-dealkylation sites (tertiary alicyclic amines) is 1. The normalized spacial score (nSPS) is 20.9. The van der Waals surface area contributed by atoms with Crippen LogP contribution in [0.3, 0.4) is 0 Å². The van der Waals surface area contributed by atoms with Gasteiger partial charge in [-0.15, -0.1) is 0 Å². The highest BCUT2D eigenvalue weighted by Gasteiger charge is 2.26. The maximum absolute atomic E-state index is 12.6. The minimum atomic E-state index is 0.0786. The third-order valence-electron chi connectivity index (χ3n) is 4.14. The van der Waals surface area contributed by atoms with Crippen LogP contribution >= 0.6 is 11.6 Å². The average molecular weight is 309 g/mol. The third-order valence-corrected chi connectivity index (χ3v) is 4.39. The number of nitrogens with two attached hydrogens (primary N) is 1. The van der Waals surface area contributed by atoms with Crippen molar-refractivity contribution in [2.24, 2.45) is 5.73 Å². The second kappa shape index (κ2) is 7.81. The molecule has 0 aromatic heterocycles. The summed E-state index contributed by atoms with van der Waals surface area (Å²) in [5, 5.41) is 0.738. The zero-order valence-electron chi connectivity index (χ0n) is 12.7. The van der Waals surface area contributed by atoms with Gasteiger partial charge >= 0.3 is 0 Å². The third kappa shape index (κ3) is 4.72. The summed E-state index contributed by atoms with van der Waals surface area (Å²) < 4.78 is 0. The van der Waals surface area contributed by atoms with Crippen LogP contribution in [0, 0.1) is 0 Å². The van der Waals surface area contributed by atoms with Crippen LogP contribution in [-0.4, -0.2) is 23.4 Å². The lowest BCUT2D eigenvalue weighted by Crippen LogP contribution is -2.35. The van der Waals surface area contributed by atoms with Crippen LogP contribution < -0.4 is 5.73 Å².